The van der Waals surface area contributed by atoms with Crippen LogP contribution < -0.4 is 0 Å². The molecular formula is C10H14O5. The average Bonchev–Trinajstić information content (AvgIpc) is 2.00. The van der Waals surface area contributed by atoms with Gasteiger partial charge in [0.05, 0.1) is 6.42 Å². The molecule has 0 amide bonds. The lowest BCUT2D eigenvalue weighted by Gasteiger charge is -1.81. The molecule has 0 aliphatic carbocycles. The molecule has 0 saturated carbocycles. The van der Waals surface area contributed by atoms with Crippen LogP contribution in [0.25, 0.3) is 0 Å². The van der Waals surface area contributed by atoms with E-state index < -0.39 is 17.3 Å². The third-order valence-electron chi connectivity index (χ3n) is 1.14. The van der Waals surface area contributed by atoms with E-state index in [9.17, 15) is 24.0 Å². The molecule has 5 heteroatoms. The van der Waals surface area contributed by atoms with E-state index in [1.807, 2.05) is 0 Å². The van der Waals surface area contributed by atoms with E-state index in [1.54, 1.807) is 0 Å². The Bertz CT molecular complexity index is 273. The molecule has 0 radical (unpaired) electrons. The molecule has 84 valence electrons. The predicted octanol–water partition coefficient (Wildman–Crippen LogP) is 0.288. The lowest BCUT2D eigenvalue weighted by molar-refractivity contribution is -0.142. The summed E-state index contributed by atoms with van der Waals surface area (Å²) in [6.07, 6.45) is 0.0833. The first-order valence-electron chi connectivity index (χ1n) is 4.23. The molecule has 0 unspecified atom stereocenters. The number of hydrogen-bond acceptors (Lipinski definition) is 5. The van der Waals surface area contributed by atoms with E-state index in [0.717, 1.165) is 13.8 Å². The van der Waals surface area contributed by atoms with Gasteiger partial charge in [-0.05, 0) is 13.8 Å². The summed E-state index contributed by atoms with van der Waals surface area (Å²) in [5.41, 5.74) is 0. The molecule has 0 fully saturated rings. The summed E-state index contributed by atoms with van der Waals surface area (Å²) in [4.78, 5) is 50.2. The Balaban J connectivity index is 0. The molecule has 0 aliphatic rings. The Hall–Kier alpha value is -1.65. The first-order chi connectivity index (χ1) is 6.68. The van der Waals surface area contributed by atoms with Crippen molar-refractivity contribution in [2.24, 2.45) is 0 Å². The van der Waals surface area contributed by atoms with Gasteiger partial charge in [0.1, 0.15) is 11.6 Å². The van der Waals surface area contributed by atoms with Crippen molar-refractivity contribution in [3.8, 4) is 0 Å². The second kappa shape index (κ2) is 7.73. The molecular weight excluding hydrogens is 200 g/mol. The van der Waals surface area contributed by atoms with Crippen molar-refractivity contribution in [1.82, 2.24) is 0 Å². The number of hydrogen-bond donors (Lipinski definition) is 0. The van der Waals surface area contributed by atoms with Gasteiger partial charge in [0.2, 0.25) is 11.6 Å². The fourth-order valence-electron chi connectivity index (χ4n) is 0.598. The zero-order valence-corrected chi connectivity index (χ0v) is 9.25. The van der Waals surface area contributed by atoms with Crippen molar-refractivity contribution in [1.29, 1.82) is 0 Å². The van der Waals surface area contributed by atoms with Crippen LogP contribution in [0.2, 0.25) is 0 Å². The minimum Gasteiger partial charge on any atom is -0.300 e. The van der Waals surface area contributed by atoms with Crippen molar-refractivity contribution in [2.75, 3.05) is 0 Å². The predicted molar refractivity (Wildman–Crippen MR) is 52.3 cm³/mol. The van der Waals surface area contributed by atoms with Gasteiger partial charge in [0, 0.05) is 13.8 Å². The summed E-state index contributed by atoms with van der Waals surface area (Å²) in [6.45, 7) is 4.95. The minimum absolute atomic E-state index is 0.0625. The molecule has 0 aromatic rings. The molecule has 0 aliphatic heterocycles. The second-order valence-corrected chi connectivity index (χ2v) is 3.02. The van der Waals surface area contributed by atoms with Crippen LogP contribution in [-0.4, -0.2) is 28.9 Å². The summed E-state index contributed by atoms with van der Waals surface area (Å²) < 4.78 is 0. The molecule has 15 heavy (non-hydrogen) atoms. The summed E-state index contributed by atoms with van der Waals surface area (Å²) >= 11 is 0. The van der Waals surface area contributed by atoms with E-state index in [4.69, 9.17) is 0 Å². The van der Waals surface area contributed by atoms with Crippen LogP contribution in [0, 0.1) is 0 Å². The Morgan fingerprint density at radius 1 is 0.667 bits per heavy atom. The van der Waals surface area contributed by atoms with Gasteiger partial charge in [-0.3, -0.25) is 24.0 Å². The van der Waals surface area contributed by atoms with Gasteiger partial charge in [0.25, 0.3) is 5.78 Å². The highest BCUT2D eigenvalue weighted by molar-refractivity contribution is 6.62. The second-order valence-electron chi connectivity index (χ2n) is 3.02. The summed E-state index contributed by atoms with van der Waals surface area (Å²) in [5, 5.41) is 0. The maximum atomic E-state index is 10.1. The maximum Gasteiger partial charge on any atom is 0.263 e. The van der Waals surface area contributed by atoms with Gasteiger partial charge in [-0.2, -0.15) is 0 Å². The van der Waals surface area contributed by atoms with Gasteiger partial charge in [-0.25, -0.2) is 0 Å². The average molecular weight is 214 g/mol. The molecule has 5 nitrogen and oxygen atoms in total. The summed E-state index contributed by atoms with van der Waals surface area (Å²) in [6, 6.07) is 0. The first kappa shape index (κ1) is 15.8. The van der Waals surface area contributed by atoms with E-state index in [2.05, 4.69) is 0 Å². The Morgan fingerprint density at radius 3 is 0.933 bits per heavy atom. The quantitative estimate of drug-likeness (QED) is 0.496. The monoisotopic (exact) mass is 214 g/mol. The van der Waals surface area contributed by atoms with E-state index in [1.165, 1.54) is 13.8 Å². The lowest BCUT2D eigenvalue weighted by Crippen LogP contribution is -2.17. The third-order valence-corrected chi connectivity index (χ3v) is 1.14. The minimum atomic E-state index is -0.926. The number of rotatable bonds is 4. The molecule has 0 aromatic carbocycles. The van der Waals surface area contributed by atoms with Crippen LogP contribution >= 0.6 is 0 Å². The van der Waals surface area contributed by atoms with Crippen molar-refractivity contribution >= 4 is 28.9 Å². The standard InChI is InChI=1S/C5H6O3.C5H8O2/c1-3(6)5(8)4(2)7;1-4(6)3-5(2)7/h1-2H3;3H2,1-2H3. The van der Waals surface area contributed by atoms with Crippen LogP contribution in [0.5, 0.6) is 0 Å². The maximum absolute atomic E-state index is 10.1. The third kappa shape index (κ3) is 12.4. The van der Waals surface area contributed by atoms with Crippen LogP contribution in [0.15, 0.2) is 0 Å². The zero-order valence-electron chi connectivity index (χ0n) is 9.25. The molecule has 0 atom stereocenters. The largest absolute Gasteiger partial charge is 0.300 e. The first-order valence-corrected chi connectivity index (χ1v) is 4.23. The number of Topliss-reactive ketones (excluding diaryl/α,β-unsaturated/α-hetero) is 5. The number of carbonyl (C=O) groups is 5. The van der Waals surface area contributed by atoms with E-state index in [0.29, 0.717) is 0 Å². The zero-order chi connectivity index (χ0) is 12.6. The normalized spacial score (nSPS) is 8.27. The molecule has 0 saturated heterocycles. The smallest absolute Gasteiger partial charge is 0.263 e. The number of ketones is 5. The van der Waals surface area contributed by atoms with Crippen molar-refractivity contribution in [3.63, 3.8) is 0 Å². The molecule has 0 rings (SSSR count). The van der Waals surface area contributed by atoms with Crippen LogP contribution in [-0.2, 0) is 24.0 Å². The Morgan fingerprint density at radius 2 is 0.933 bits per heavy atom. The molecule has 0 aromatic heterocycles. The lowest BCUT2D eigenvalue weighted by atomic mass is 10.2. The summed E-state index contributed by atoms with van der Waals surface area (Å²) in [7, 11) is 0. The SMILES string of the molecule is CC(=O)C(=O)C(C)=O.CC(=O)CC(C)=O. The fraction of sp³-hybridized carbons (Fsp3) is 0.500. The van der Waals surface area contributed by atoms with Crippen molar-refractivity contribution < 1.29 is 24.0 Å². The molecule has 0 bridgehead atoms. The highest BCUT2D eigenvalue weighted by Gasteiger charge is 2.11. The van der Waals surface area contributed by atoms with Gasteiger partial charge >= 0.3 is 0 Å². The van der Waals surface area contributed by atoms with Crippen molar-refractivity contribution in [3.05, 3.63) is 0 Å². The van der Waals surface area contributed by atoms with Crippen LogP contribution in [0.3, 0.4) is 0 Å². The van der Waals surface area contributed by atoms with E-state index in [-0.39, 0.29) is 18.0 Å². The fourth-order valence-corrected chi connectivity index (χ4v) is 0.598. The van der Waals surface area contributed by atoms with Gasteiger partial charge in [-0.1, -0.05) is 0 Å². The number of carbonyl (C=O) groups excluding carboxylic acids is 5. The molecule has 0 spiro atoms. The molecule has 0 heterocycles. The van der Waals surface area contributed by atoms with Gasteiger partial charge < -0.3 is 0 Å². The Kier molecular flexibility index (Phi) is 8.14. The van der Waals surface area contributed by atoms with Crippen LogP contribution in [0.1, 0.15) is 34.1 Å². The highest BCUT2D eigenvalue weighted by atomic mass is 16.2. The highest BCUT2D eigenvalue weighted by Crippen LogP contribution is 1.80. The van der Waals surface area contributed by atoms with Gasteiger partial charge in [-0.15, -0.1) is 0 Å². The van der Waals surface area contributed by atoms with Crippen molar-refractivity contribution in [2.45, 2.75) is 34.1 Å². The topological polar surface area (TPSA) is 85.3 Å². The molecule has 0 N–H and O–H groups in total. The Labute approximate surface area is 87.8 Å². The summed E-state index contributed by atoms with van der Waals surface area (Å²) in [5.74, 6) is -2.44. The van der Waals surface area contributed by atoms with Crippen LogP contribution in [0.4, 0.5) is 0 Å². The van der Waals surface area contributed by atoms with Gasteiger partial charge in [0.15, 0.2) is 0 Å². The van der Waals surface area contributed by atoms with E-state index >= 15 is 0 Å².